The number of nitrogens with one attached hydrogen (secondary N) is 1. The van der Waals surface area contributed by atoms with Crippen LogP contribution in [0.25, 0.3) is 0 Å². The van der Waals surface area contributed by atoms with E-state index in [1.807, 2.05) is 24.3 Å². The fourth-order valence-electron chi connectivity index (χ4n) is 2.15. The molecule has 0 radical (unpaired) electrons. The van der Waals surface area contributed by atoms with E-state index in [0.29, 0.717) is 16.3 Å². The van der Waals surface area contributed by atoms with Gasteiger partial charge in [0.2, 0.25) is 0 Å². The van der Waals surface area contributed by atoms with Crippen molar-refractivity contribution in [1.82, 2.24) is 5.32 Å². The summed E-state index contributed by atoms with van der Waals surface area (Å²) < 4.78 is 19.3. The molecule has 0 bridgehead atoms. The highest BCUT2D eigenvalue weighted by molar-refractivity contribution is 6.31. The Morgan fingerprint density at radius 3 is 2.86 bits per heavy atom. The monoisotopic (exact) mass is 304 g/mol. The molecule has 5 heteroatoms. The van der Waals surface area contributed by atoms with Gasteiger partial charge in [0, 0.05) is 17.7 Å². The van der Waals surface area contributed by atoms with Crippen LogP contribution in [0, 0.1) is 5.82 Å². The molecule has 0 atom stereocenters. The van der Waals surface area contributed by atoms with Gasteiger partial charge in [0.05, 0.1) is 11.6 Å². The zero-order chi connectivity index (χ0) is 14.7. The topological polar surface area (TPSA) is 33.6 Å². The van der Waals surface area contributed by atoms with Gasteiger partial charge in [0.15, 0.2) is 0 Å². The quantitative estimate of drug-likeness (QED) is 0.939. The van der Waals surface area contributed by atoms with Gasteiger partial charge in [-0.1, -0.05) is 29.8 Å². The summed E-state index contributed by atoms with van der Waals surface area (Å²) in [6, 6.07) is 12.1. The van der Waals surface area contributed by atoms with E-state index < -0.39 is 0 Å². The second-order valence-corrected chi connectivity index (χ2v) is 5.08. The second kappa shape index (κ2) is 6.14. The maximum absolute atomic E-state index is 13.7. The Kier molecular flexibility index (Phi) is 4.06. The van der Waals surface area contributed by atoms with Gasteiger partial charge in [-0.25, -0.2) is 4.39 Å². The summed E-state index contributed by atoms with van der Waals surface area (Å²) in [5, 5.41) is 3.57. The molecule has 21 heavy (non-hydrogen) atoms. The third kappa shape index (κ3) is 3.16. The summed E-state index contributed by atoms with van der Waals surface area (Å²) in [5.74, 6) is 1.16. The lowest BCUT2D eigenvalue weighted by Crippen LogP contribution is -2.19. The summed E-state index contributed by atoms with van der Waals surface area (Å²) in [5.41, 5.74) is 1.32. The average Bonchev–Trinajstić information content (AvgIpc) is 3.01. The number of hydrogen-bond acceptors (Lipinski definition) is 3. The van der Waals surface area contributed by atoms with Crippen molar-refractivity contribution in [2.45, 2.75) is 6.61 Å². The number of ether oxygens (including phenoxy) is 1. The minimum atomic E-state index is -0.361. The normalized spacial score (nSPS) is 13.7. The summed E-state index contributed by atoms with van der Waals surface area (Å²) >= 11 is 5.98. The Labute approximate surface area is 127 Å². The molecule has 1 aliphatic heterocycles. The minimum absolute atomic E-state index is 0.0921. The molecule has 2 aromatic rings. The van der Waals surface area contributed by atoms with Gasteiger partial charge in [0.25, 0.3) is 0 Å². The van der Waals surface area contributed by atoms with Crippen molar-refractivity contribution in [1.29, 1.82) is 0 Å². The number of nitrogens with zero attached hydrogens (tertiary/aromatic N) is 1. The smallest absolute Gasteiger partial charge is 0.131 e. The first kappa shape index (κ1) is 13.9. The Bertz CT molecular complexity index is 667. The molecule has 108 valence electrons. The van der Waals surface area contributed by atoms with Crippen molar-refractivity contribution in [3.05, 3.63) is 64.4 Å². The fraction of sp³-hybridized carbons (Fsp3) is 0.188. The SMILES string of the molecule is Fc1cccc(Cl)c1COc1cccc(C2=NCCN2)c1. The first-order chi connectivity index (χ1) is 10.2. The number of rotatable bonds is 4. The molecule has 1 aliphatic rings. The van der Waals surface area contributed by atoms with Gasteiger partial charge in [-0.05, 0) is 24.3 Å². The molecule has 0 fully saturated rings. The molecular weight excluding hydrogens is 291 g/mol. The number of amidine groups is 1. The van der Waals surface area contributed by atoms with Crippen LogP contribution in [-0.2, 0) is 6.61 Å². The molecule has 0 unspecified atom stereocenters. The highest BCUT2D eigenvalue weighted by atomic mass is 35.5. The Hall–Kier alpha value is -2.07. The van der Waals surface area contributed by atoms with E-state index >= 15 is 0 Å². The van der Waals surface area contributed by atoms with E-state index in [0.717, 1.165) is 24.5 Å². The molecule has 0 saturated carbocycles. The summed E-state index contributed by atoms with van der Waals surface area (Å²) in [6.45, 7) is 1.73. The number of benzene rings is 2. The molecule has 1 N–H and O–H groups in total. The van der Waals surface area contributed by atoms with E-state index in [9.17, 15) is 4.39 Å². The van der Waals surface area contributed by atoms with Crippen LogP contribution in [0.3, 0.4) is 0 Å². The van der Waals surface area contributed by atoms with Gasteiger partial charge in [0.1, 0.15) is 24.0 Å². The van der Waals surface area contributed by atoms with E-state index in [1.165, 1.54) is 6.07 Å². The molecule has 3 nitrogen and oxygen atoms in total. The molecule has 3 rings (SSSR count). The molecule has 0 spiro atoms. The van der Waals surface area contributed by atoms with Crippen LogP contribution in [-0.4, -0.2) is 18.9 Å². The first-order valence-corrected chi connectivity index (χ1v) is 7.06. The molecule has 0 aliphatic carbocycles. The van der Waals surface area contributed by atoms with Crippen molar-refractivity contribution in [2.24, 2.45) is 4.99 Å². The van der Waals surface area contributed by atoms with E-state index in [4.69, 9.17) is 16.3 Å². The van der Waals surface area contributed by atoms with Crippen LogP contribution in [0.15, 0.2) is 47.5 Å². The second-order valence-electron chi connectivity index (χ2n) is 4.67. The molecule has 1 heterocycles. The molecule has 0 saturated heterocycles. The van der Waals surface area contributed by atoms with Gasteiger partial charge >= 0.3 is 0 Å². The Balaban J connectivity index is 1.75. The fourth-order valence-corrected chi connectivity index (χ4v) is 2.37. The van der Waals surface area contributed by atoms with Crippen molar-refractivity contribution in [3.63, 3.8) is 0 Å². The molecule has 0 amide bonds. The summed E-state index contributed by atoms with van der Waals surface area (Å²) in [6.07, 6.45) is 0. The van der Waals surface area contributed by atoms with Crippen LogP contribution in [0.1, 0.15) is 11.1 Å². The van der Waals surface area contributed by atoms with E-state index in [1.54, 1.807) is 12.1 Å². The van der Waals surface area contributed by atoms with Crippen molar-refractivity contribution in [3.8, 4) is 5.75 Å². The maximum Gasteiger partial charge on any atom is 0.131 e. The van der Waals surface area contributed by atoms with Crippen LogP contribution in [0.2, 0.25) is 5.02 Å². The third-order valence-electron chi connectivity index (χ3n) is 3.23. The van der Waals surface area contributed by atoms with E-state index in [2.05, 4.69) is 10.3 Å². The predicted molar refractivity (Wildman–Crippen MR) is 81.6 cm³/mol. The maximum atomic E-state index is 13.7. The Morgan fingerprint density at radius 2 is 2.10 bits per heavy atom. The predicted octanol–water partition coefficient (Wildman–Crippen LogP) is 3.41. The van der Waals surface area contributed by atoms with Gasteiger partial charge < -0.3 is 10.1 Å². The standard InChI is InChI=1S/C16H14ClFN2O/c17-14-5-2-6-15(18)13(14)10-21-12-4-1-3-11(9-12)16-19-7-8-20-16/h1-6,9H,7-8,10H2,(H,19,20). The lowest BCUT2D eigenvalue weighted by Gasteiger charge is -2.10. The summed E-state index contributed by atoms with van der Waals surface area (Å²) in [7, 11) is 0. The highest BCUT2D eigenvalue weighted by Crippen LogP contribution is 2.22. The van der Waals surface area contributed by atoms with Gasteiger partial charge in [-0.3, -0.25) is 4.99 Å². The lowest BCUT2D eigenvalue weighted by atomic mass is 10.2. The van der Waals surface area contributed by atoms with Gasteiger partial charge in [-0.15, -0.1) is 0 Å². The van der Waals surface area contributed by atoms with E-state index in [-0.39, 0.29) is 12.4 Å². The zero-order valence-electron chi connectivity index (χ0n) is 11.3. The number of halogens is 2. The van der Waals surface area contributed by atoms with Gasteiger partial charge in [-0.2, -0.15) is 0 Å². The zero-order valence-corrected chi connectivity index (χ0v) is 12.0. The molecule has 0 aromatic heterocycles. The van der Waals surface area contributed by atoms with Crippen molar-refractivity contribution < 1.29 is 9.13 Å². The third-order valence-corrected chi connectivity index (χ3v) is 3.58. The molecule has 2 aromatic carbocycles. The van der Waals surface area contributed by atoms with Crippen LogP contribution >= 0.6 is 11.6 Å². The average molecular weight is 305 g/mol. The van der Waals surface area contributed by atoms with Crippen LogP contribution in [0.4, 0.5) is 4.39 Å². The van der Waals surface area contributed by atoms with Crippen LogP contribution in [0.5, 0.6) is 5.75 Å². The van der Waals surface area contributed by atoms with Crippen molar-refractivity contribution >= 4 is 17.4 Å². The van der Waals surface area contributed by atoms with Crippen molar-refractivity contribution in [2.75, 3.05) is 13.1 Å². The minimum Gasteiger partial charge on any atom is -0.489 e. The number of aliphatic imine (C=N–C) groups is 1. The Morgan fingerprint density at radius 1 is 1.24 bits per heavy atom. The largest absolute Gasteiger partial charge is 0.489 e. The lowest BCUT2D eigenvalue weighted by molar-refractivity contribution is 0.300. The highest BCUT2D eigenvalue weighted by Gasteiger charge is 2.10. The first-order valence-electron chi connectivity index (χ1n) is 6.68. The summed E-state index contributed by atoms with van der Waals surface area (Å²) in [4.78, 5) is 4.36. The van der Waals surface area contributed by atoms with Crippen LogP contribution < -0.4 is 10.1 Å². The number of hydrogen-bond donors (Lipinski definition) is 1. The molecular formula is C16H14ClFN2O.